The SMILES string of the molecule is O=c1oc2c3c4c(cc2cc1/C=N/n1cnc2scc(-c5ccc(Cl)cc5)c2c1=O)CCCN4CCC3. The number of hydrogen-bond donors (Lipinski definition) is 0. The van der Waals surface area contributed by atoms with Crippen molar-refractivity contribution in [2.45, 2.75) is 25.7 Å². The van der Waals surface area contributed by atoms with E-state index in [0.717, 1.165) is 65.5 Å². The average Bonchev–Trinajstić information content (AvgIpc) is 3.35. The van der Waals surface area contributed by atoms with E-state index >= 15 is 0 Å². The summed E-state index contributed by atoms with van der Waals surface area (Å²) in [6.07, 6.45) is 6.87. The van der Waals surface area contributed by atoms with Crippen LogP contribution in [0.25, 0.3) is 32.3 Å². The first-order valence-corrected chi connectivity index (χ1v) is 13.5. The highest BCUT2D eigenvalue weighted by Crippen LogP contribution is 2.39. The zero-order chi connectivity index (χ0) is 25.1. The van der Waals surface area contributed by atoms with Crippen molar-refractivity contribution in [2.24, 2.45) is 5.10 Å². The Hall–Kier alpha value is -3.75. The maximum atomic E-state index is 13.3. The number of rotatable bonds is 3. The van der Waals surface area contributed by atoms with Gasteiger partial charge >= 0.3 is 5.63 Å². The molecule has 0 saturated heterocycles. The molecular formula is C28H21ClN4O3S. The molecule has 0 radical (unpaired) electrons. The highest BCUT2D eigenvalue weighted by atomic mass is 35.5. The Balaban J connectivity index is 1.31. The first kappa shape index (κ1) is 22.4. The lowest BCUT2D eigenvalue weighted by atomic mass is 9.90. The number of halogens is 1. The lowest BCUT2D eigenvalue weighted by Crippen LogP contribution is -2.34. The molecule has 184 valence electrons. The van der Waals surface area contributed by atoms with Gasteiger partial charge in [-0.3, -0.25) is 4.79 Å². The van der Waals surface area contributed by atoms with Gasteiger partial charge in [0.2, 0.25) is 0 Å². The molecule has 0 bridgehead atoms. The van der Waals surface area contributed by atoms with Gasteiger partial charge in [-0.25, -0.2) is 9.78 Å². The van der Waals surface area contributed by atoms with Crippen LogP contribution >= 0.6 is 22.9 Å². The summed E-state index contributed by atoms with van der Waals surface area (Å²) in [6, 6.07) is 11.3. The van der Waals surface area contributed by atoms with Crippen LogP contribution in [0.1, 0.15) is 29.5 Å². The van der Waals surface area contributed by atoms with Gasteiger partial charge in [0.05, 0.1) is 17.2 Å². The summed E-state index contributed by atoms with van der Waals surface area (Å²) in [6.45, 7) is 2.11. The van der Waals surface area contributed by atoms with Crippen molar-refractivity contribution in [3.8, 4) is 11.1 Å². The molecular weight excluding hydrogens is 508 g/mol. The van der Waals surface area contributed by atoms with E-state index in [-0.39, 0.29) is 5.56 Å². The van der Waals surface area contributed by atoms with Gasteiger partial charge in [-0.05, 0) is 61.1 Å². The molecule has 7 rings (SSSR count). The monoisotopic (exact) mass is 528 g/mol. The first-order chi connectivity index (χ1) is 18.1. The molecule has 0 aliphatic carbocycles. The quantitative estimate of drug-likeness (QED) is 0.229. The van der Waals surface area contributed by atoms with Crippen molar-refractivity contribution >= 4 is 56.0 Å². The summed E-state index contributed by atoms with van der Waals surface area (Å²) in [5, 5.41) is 8.21. The minimum atomic E-state index is -0.472. The normalized spacial score (nSPS) is 15.1. The third-order valence-electron chi connectivity index (χ3n) is 7.20. The van der Waals surface area contributed by atoms with Crippen LogP contribution in [-0.2, 0) is 12.8 Å². The van der Waals surface area contributed by atoms with E-state index in [2.05, 4.69) is 21.1 Å². The molecule has 0 saturated carbocycles. The number of anilines is 1. The molecule has 2 aliphatic heterocycles. The summed E-state index contributed by atoms with van der Waals surface area (Å²) in [5.74, 6) is 0. The van der Waals surface area contributed by atoms with Gasteiger partial charge in [-0.2, -0.15) is 9.78 Å². The second-order valence-corrected chi connectivity index (χ2v) is 10.7. The maximum absolute atomic E-state index is 13.3. The largest absolute Gasteiger partial charge is 0.422 e. The lowest BCUT2D eigenvalue weighted by molar-refractivity contribution is 0.548. The number of hydrogen-bond acceptors (Lipinski definition) is 7. The summed E-state index contributed by atoms with van der Waals surface area (Å²) >= 11 is 7.42. The summed E-state index contributed by atoms with van der Waals surface area (Å²) in [7, 11) is 0. The zero-order valence-corrected chi connectivity index (χ0v) is 21.3. The average molecular weight is 529 g/mol. The number of aryl methyl sites for hydroxylation is 2. The molecule has 0 atom stereocenters. The van der Waals surface area contributed by atoms with Crippen LogP contribution in [0.15, 0.2) is 67.2 Å². The van der Waals surface area contributed by atoms with E-state index in [4.69, 9.17) is 16.0 Å². The molecule has 2 aromatic carbocycles. The molecule has 2 aliphatic rings. The third kappa shape index (κ3) is 3.70. The second-order valence-electron chi connectivity index (χ2n) is 9.44. The highest BCUT2D eigenvalue weighted by Gasteiger charge is 2.27. The summed E-state index contributed by atoms with van der Waals surface area (Å²) < 4.78 is 7.00. The Labute approximate surface area is 220 Å². The van der Waals surface area contributed by atoms with Crippen molar-refractivity contribution < 1.29 is 4.42 Å². The standard InChI is InChI=1S/C28H21ClN4O3S/c29-20-7-5-16(6-8-20)22-14-37-26-23(22)27(34)33(15-30-26)31-13-19-12-18-11-17-3-1-9-32-10-2-4-21(24(17)32)25(18)36-28(19)35/h5-8,11-15H,1-4,9-10H2/b31-13+. The van der Waals surface area contributed by atoms with Gasteiger partial charge in [0.15, 0.2) is 0 Å². The number of fused-ring (bicyclic) bond motifs is 3. The summed E-state index contributed by atoms with van der Waals surface area (Å²) in [5.41, 5.74) is 5.52. The van der Waals surface area contributed by atoms with E-state index in [0.29, 0.717) is 26.4 Å². The van der Waals surface area contributed by atoms with E-state index in [1.807, 2.05) is 23.6 Å². The maximum Gasteiger partial charge on any atom is 0.345 e. The van der Waals surface area contributed by atoms with Crippen LogP contribution in [-0.4, -0.2) is 29.0 Å². The van der Waals surface area contributed by atoms with Crippen LogP contribution < -0.4 is 16.1 Å². The van der Waals surface area contributed by atoms with Crippen LogP contribution in [0.5, 0.6) is 0 Å². The molecule has 5 aromatic rings. The van der Waals surface area contributed by atoms with Crippen molar-refractivity contribution in [3.05, 3.63) is 90.6 Å². The fourth-order valence-corrected chi connectivity index (χ4v) is 6.56. The van der Waals surface area contributed by atoms with Gasteiger partial charge in [0.1, 0.15) is 16.7 Å². The minimum absolute atomic E-state index is 0.290. The Morgan fingerprint density at radius 3 is 2.73 bits per heavy atom. The van der Waals surface area contributed by atoms with Gasteiger partial charge in [-0.15, -0.1) is 11.3 Å². The second kappa shape index (κ2) is 8.68. The predicted octanol–water partition coefficient (Wildman–Crippen LogP) is 5.47. The van der Waals surface area contributed by atoms with Gasteiger partial charge in [0.25, 0.3) is 5.56 Å². The van der Waals surface area contributed by atoms with Crippen LogP contribution in [0.2, 0.25) is 5.02 Å². The molecule has 37 heavy (non-hydrogen) atoms. The molecule has 0 spiro atoms. The fourth-order valence-electron chi connectivity index (χ4n) is 5.52. The van der Waals surface area contributed by atoms with Crippen molar-refractivity contribution in [3.63, 3.8) is 0 Å². The number of benzene rings is 2. The van der Waals surface area contributed by atoms with E-state index in [1.165, 1.54) is 35.1 Å². The number of thiophene rings is 1. The van der Waals surface area contributed by atoms with E-state index < -0.39 is 5.63 Å². The Morgan fingerprint density at radius 1 is 1.08 bits per heavy atom. The minimum Gasteiger partial charge on any atom is -0.422 e. The molecule has 5 heterocycles. The predicted molar refractivity (Wildman–Crippen MR) is 149 cm³/mol. The van der Waals surface area contributed by atoms with E-state index in [1.54, 1.807) is 12.1 Å². The number of nitrogens with zero attached hydrogens (tertiary/aromatic N) is 4. The van der Waals surface area contributed by atoms with Crippen LogP contribution in [0, 0.1) is 0 Å². The fraction of sp³-hybridized carbons (Fsp3) is 0.214. The zero-order valence-electron chi connectivity index (χ0n) is 19.7. The van der Waals surface area contributed by atoms with Gasteiger partial charge in [0, 0.05) is 45.7 Å². The lowest BCUT2D eigenvalue weighted by Gasteiger charge is -2.37. The molecule has 9 heteroatoms. The molecule has 7 nitrogen and oxygen atoms in total. The van der Waals surface area contributed by atoms with Crippen molar-refractivity contribution in [1.29, 1.82) is 0 Å². The van der Waals surface area contributed by atoms with Crippen LogP contribution in [0.3, 0.4) is 0 Å². The third-order valence-corrected chi connectivity index (χ3v) is 8.34. The molecule has 3 aromatic heterocycles. The Bertz CT molecular complexity index is 1850. The van der Waals surface area contributed by atoms with Gasteiger partial charge in [-0.1, -0.05) is 23.7 Å². The molecule has 0 fully saturated rings. The first-order valence-electron chi connectivity index (χ1n) is 12.2. The highest BCUT2D eigenvalue weighted by molar-refractivity contribution is 7.17. The smallest absolute Gasteiger partial charge is 0.345 e. The van der Waals surface area contributed by atoms with Crippen molar-refractivity contribution in [2.75, 3.05) is 18.0 Å². The van der Waals surface area contributed by atoms with Crippen molar-refractivity contribution in [1.82, 2.24) is 9.66 Å². The van der Waals surface area contributed by atoms with E-state index in [9.17, 15) is 9.59 Å². The molecule has 0 N–H and O–H groups in total. The Kier molecular flexibility index (Phi) is 5.26. The van der Waals surface area contributed by atoms with Crippen LogP contribution in [0.4, 0.5) is 5.69 Å². The van der Waals surface area contributed by atoms with Gasteiger partial charge < -0.3 is 9.32 Å². The number of aromatic nitrogens is 2. The summed E-state index contributed by atoms with van der Waals surface area (Å²) in [4.78, 5) is 33.7. The molecule has 0 unspecified atom stereocenters. The molecule has 0 amide bonds. The Morgan fingerprint density at radius 2 is 1.89 bits per heavy atom. The topological polar surface area (TPSA) is 80.7 Å².